The number of halogens is 2. The molecule has 0 saturated carbocycles. The Labute approximate surface area is 238 Å². The monoisotopic (exact) mass is 570 g/mol. The fourth-order valence-corrected chi connectivity index (χ4v) is 5.43. The molecule has 2 saturated heterocycles. The number of methoxy groups -OCH3 is 1. The van der Waals surface area contributed by atoms with Crippen molar-refractivity contribution in [1.82, 2.24) is 25.5 Å². The molecular formula is C28H32Cl2N6O3. The number of carbonyl (C=O) groups is 1. The number of ether oxygens (including phenoxy) is 2. The number of likely N-dealkylation sites (tertiary alicyclic amines) is 1. The third-order valence-corrected chi connectivity index (χ3v) is 7.34. The maximum absolute atomic E-state index is 11.6. The van der Waals surface area contributed by atoms with Gasteiger partial charge < -0.3 is 25.0 Å². The van der Waals surface area contributed by atoms with Crippen LogP contribution in [0.3, 0.4) is 0 Å². The second-order valence-corrected chi connectivity index (χ2v) is 10.6. The molecule has 5 rings (SSSR count). The molecule has 9 nitrogen and oxygen atoms in total. The topological polar surface area (TPSA) is 91.8 Å². The first kappa shape index (κ1) is 27.5. The third kappa shape index (κ3) is 7.51. The van der Waals surface area contributed by atoms with E-state index < -0.39 is 0 Å². The van der Waals surface area contributed by atoms with Gasteiger partial charge in [0.05, 0.1) is 19.0 Å². The number of benzene rings is 1. The largest absolute Gasteiger partial charge is 0.453 e. The summed E-state index contributed by atoms with van der Waals surface area (Å²) in [5.74, 6) is 2.02. The molecule has 0 atom stereocenters. The highest BCUT2D eigenvalue weighted by molar-refractivity contribution is 6.35. The van der Waals surface area contributed by atoms with Gasteiger partial charge in [0.1, 0.15) is 11.6 Å². The molecule has 2 N–H and O–H groups in total. The van der Waals surface area contributed by atoms with Crippen LogP contribution in [0.1, 0.15) is 18.4 Å². The van der Waals surface area contributed by atoms with Crippen LogP contribution in [-0.4, -0.2) is 73.4 Å². The minimum absolute atomic E-state index is 0.117. The highest BCUT2D eigenvalue weighted by Crippen LogP contribution is 2.31. The number of alkyl carbamates (subject to hydrolysis) is 1. The number of pyridine rings is 2. The fourth-order valence-electron chi connectivity index (χ4n) is 4.91. The van der Waals surface area contributed by atoms with Gasteiger partial charge in [0, 0.05) is 73.5 Å². The Morgan fingerprint density at radius 2 is 1.79 bits per heavy atom. The molecule has 2 aliphatic heterocycles. The lowest BCUT2D eigenvalue weighted by atomic mass is 10.0. The van der Waals surface area contributed by atoms with Gasteiger partial charge in [0.15, 0.2) is 0 Å². The van der Waals surface area contributed by atoms with E-state index in [1.807, 2.05) is 36.4 Å². The molecule has 0 radical (unpaired) electrons. The van der Waals surface area contributed by atoms with Gasteiger partial charge in [-0.05, 0) is 54.8 Å². The molecular weight excluding hydrogens is 539 g/mol. The summed E-state index contributed by atoms with van der Waals surface area (Å²) >= 11 is 12.6. The van der Waals surface area contributed by atoms with E-state index in [1.54, 1.807) is 12.3 Å². The molecule has 0 bridgehead atoms. The van der Waals surface area contributed by atoms with Crippen molar-refractivity contribution in [2.75, 3.05) is 51.3 Å². The average molecular weight is 572 g/mol. The summed E-state index contributed by atoms with van der Waals surface area (Å²) in [7, 11) is 1.38. The lowest BCUT2D eigenvalue weighted by Gasteiger charge is -2.32. The number of carbonyl (C=O) groups excluding carboxylic acids is 1. The van der Waals surface area contributed by atoms with E-state index in [0.717, 1.165) is 74.7 Å². The van der Waals surface area contributed by atoms with Crippen molar-refractivity contribution in [2.45, 2.75) is 25.4 Å². The zero-order valence-electron chi connectivity index (χ0n) is 21.8. The summed E-state index contributed by atoms with van der Waals surface area (Å²) in [6.07, 6.45) is 3.06. The quantitative estimate of drug-likeness (QED) is 0.411. The minimum atomic E-state index is -0.385. The van der Waals surface area contributed by atoms with Crippen LogP contribution in [0.15, 0.2) is 48.7 Å². The molecule has 0 spiro atoms. The van der Waals surface area contributed by atoms with Crippen molar-refractivity contribution in [2.24, 2.45) is 0 Å². The molecule has 0 aliphatic carbocycles. The normalized spacial score (nSPS) is 16.6. The van der Waals surface area contributed by atoms with Crippen LogP contribution in [-0.2, 0) is 11.3 Å². The van der Waals surface area contributed by atoms with Crippen molar-refractivity contribution < 1.29 is 14.3 Å². The molecule has 39 heavy (non-hydrogen) atoms. The van der Waals surface area contributed by atoms with Crippen molar-refractivity contribution in [3.63, 3.8) is 0 Å². The summed E-state index contributed by atoms with van der Waals surface area (Å²) < 4.78 is 10.9. The molecule has 11 heteroatoms. The van der Waals surface area contributed by atoms with Crippen LogP contribution in [0.5, 0.6) is 11.6 Å². The smallest absolute Gasteiger partial charge is 0.407 e. The number of aromatic nitrogens is 2. The second-order valence-electron chi connectivity index (χ2n) is 9.73. The number of amides is 1. The highest BCUT2D eigenvalue weighted by Gasteiger charge is 2.22. The fraction of sp³-hybridized carbons (Fsp3) is 0.393. The molecule has 2 aromatic heterocycles. The van der Waals surface area contributed by atoms with E-state index in [1.165, 1.54) is 7.11 Å². The third-order valence-electron chi connectivity index (χ3n) is 6.91. The van der Waals surface area contributed by atoms with Crippen molar-refractivity contribution in [1.29, 1.82) is 0 Å². The number of anilines is 1. The number of nitrogens with zero attached hydrogens (tertiary/aromatic N) is 4. The highest BCUT2D eigenvalue weighted by atomic mass is 35.5. The van der Waals surface area contributed by atoms with Gasteiger partial charge in [-0.25, -0.2) is 14.8 Å². The second kappa shape index (κ2) is 12.8. The first-order valence-electron chi connectivity index (χ1n) is 13.1. The van der Waals surface area contributed by atoms with E-state index >= 15 is 0 Å². The zero-order valence-corrected chi connectivity index (χ0v) is 23.3. The van der Waals surface area contributed by atoms with E-state index in [-0.39, 0.29) is 12.1 Å². The average Bonchev–Trinajstić information content (AvgIpc) is 2.94. The maximum Gasteiger partial charge on any atom is 0.407 e. The maximum atomic E-state index is 11.6. The predicted octanol–water partition coefficient (Wildman–Crippen LogP) is 4.97. The Morgan fingerprint density at radius 3 is 2.46 bits per heavy atom. The van der Waals surface area contributed by atoms with Gasteiger partial charge in [-0.1, -0.05) is 23.2 Å². The molecule has 0 unspecified atom stereocenters. The molecule has 3 aromatic rings. The SMILES string of the molecule is COC(=O)NC1CCN(Cc2cc(Oc3ccc(N4CCNCC4)nc3)nc(-c3cc(Cl)cc(Cl)c3)c2)CC1. The predicted molar refractivity (Wildman–Crippen MR) is 153 cm³/mol. The van der Waals surface area contributed by atoms with Crippen LogP contribution in [0.4, 0.5) is 10.6 Å². The molecule has 1 aromatic carbocycles. The Balaban J connectivity index is 1.34. The van der Waals surface area contributed by atoms with Crippen LogP contribution in [0.2, 0.25) is 10.0 Å². The van der Waals surface area contributed by atoms with Crippen molar-refractivity contribution >= 4 is 35.1 Å². The van der Waals surface area contributed by atoms with Gasteiger partial charge in [-0.2, -0.15) is 0 Å². The van der Waals surface area contributed by atoms with Gasteiger partial charge in [-0.15, -0.1) is 0 Å². The lowest BCUT2D eigenvalue weighted by Crippen LogP contribution is -2.44. The van der Waals surface area contributed by atoms with E-state index in [4.69, 9.17) is 37.7 Å². The van der Waals surface area contributed by atoms with Gasteiger partial charge in [0.25, 0.3) is 0 Å². The van der Waals surface area contributed by atoms with E-state index in [0.29, 0.717) is 28.2 Å². The Morgan fingerprint density at radius 1 is 1.05 bits per heavy atom. The number of piperidine rings is 1. The van der Waals surface area contributed by atoms with Crippen LogP contribution >= 0.6 is 23.2 Å². The number of hydrogen-bond acceptors (Lipinski definition) is 8. The summed E-state index contributed by atoms with van der Waals surface area (Å²) in [4.78, 5) is 25.6. The van der Waals surface area contributed by atoms with Gasteiger partial charge in [0.2, 0.25) is 5.88 Å². The summed E-state index contributed by atoms with van der Waals surface area (Å²) in [5.41, 5.74) is 2.59. The van der Waals surface area contributed by atoms with Crippen LogP contribution in [0.25, 0.3) is 11.3 Å². The molecule has 206 valence electrons. The van der Waals surface area contributed by atoms with E-state index in [2.05, 4.69) is 25.4 Å². The van der Waals surface area contributed by atoms with Crippen molar-refractivity contribution in [3.8, 4) is 22.9 Å². The van der Waals surface area contributed by atoms with Gasteiger partial charge in [-0.3, -0.25) is 4.90 Å². The summed E-state index contributed by atoms with van der Waals surface area (Å²) in [6, 6.07) is 13.4. The standard InChI is InChI=1S/C28H32Cl2N6O3/c1-38-28(37)33-23-4-8-35(9-5-23)18-19-12-25(20-14-21(29)16-22(30)15-20)34-27(13-19)39-24-2-3-26(32-17-24)36-10-6-31-7-11-36/h2-3,12-17,23,31H,4-11,18H2,1H3,(H,33,37). The first-order chi connectivity index (χ1) is 18.9. The number of hydrogen-bond donors (Lipinski definition) is 2. The Hall–Kier alpha value is -3.11. The number of rotatable bonds is 7. The minimum Gasteiger partial charge on any atom is -0.453 e. The number of piperazine rings is 1. The molecule has 1 amide bonds. The molecule has 2 fully saturated rings. The number of nitrogens with one attached hydrogen (secondary N) is 2. The summed E-state index contributed by atoms with van der Waals surface area (Å²) in [6.45, 7) is 6.17. The van der Waals surface area contributed by atoms with Crippen LogP contribution < -0.4 is 20.3 Å². The van der Waals surface area contributed by atoms with Crippen molar-refractivity contribution in [3.05, 3.63) is 64.3 Å². The van der Waals surface area contributed by atoms with Gasteiger partial charge >= 0.3 is 6.09 Å². The lowest BCUT2D eigenvalue weighted by molar-refractivity contribution is 0.150. The Bertz CT molecular complexity index is 1260. The summed E-state index contributed by atoms with van der Waals surface area (Å²) in [5, 5.41) is 7.34. The zero-order chi connectivity index (χ0) is 27.2. The first-order valence-corrected chi connectivity index (χ1v) is 13.8. The molecule has 4 heterocycles. The van der Waals surface area contributed by atoms with E-state index in [9.17, 15) is 4.79 Å². The van der Waals surface area contributed by atoms with Crippen LogP contribution in [0, 0.1) is 0 Å². The Kier molecular flexibility index (Phi) is 9.03. The molecule has 2 aliphatic rings.